The fourth-order valence-electron chi connectivity index (χ4n) is 2.21. The van der Waals surface area contributed by atoms with Gasteiger partial charge in [0.15, 0.2) is 5.84 Å². The van der Waals surface area contributed by atoms with E-state index in [0.717, 1.165) is 9.52 Å². The predicted molar refractivity (Wildman–Crippen MR) is 101 cm³/mol. The first kappa shape index (κ1) is 16.9. The second kappa shape index (κ2) is 6.52. The van der Waals surface area contributed by atoms with Gasteiger partial charge >= 0.3 is 0 Å². The Hall–Kier alpha value is -1.93. The molecule has 1 aromatic carbocycles. The van der Waals surface area contributed by atoms with Crippen LogP contribution >= 0.6 is 27.7 Å². The van der Waals surface area contributed by atoms with Crippen LogP contribution in [0.25, 0.3) is 6.08 Å². The van der Waals surface area contributed by atoms with Crippen molar-refractivity contribution >= 4 is 55.7 Å². The monoisotopic (exact) mass is 406 g/mol. The third-order valence-corrected chi connectivity index (χ3v) is 5.16. The maximum atomic E-state index is 12.4. The molecule has 0 atom stereocenters. The lowest BCUT2D eigenvalue weighted by molar-refractivity contribution is -0.114. The molecule has 124 valence electrons. The smallest absolute Gasteiger partial charge is 0.283 e. The van der Waals surface area contributed by atoms with Crippen LogP contribution in [0.3, 0.4) is 0 Å². The predicted octanol–water partition coefficient (Wildman–Crippen LogP) is 3.73. The van der Waals surface area contributed by atoms with E-state index >= 15 is 0 Å². The molecule has 2 aliphatic heterocycles. The van der Waals surface area contributed by atoms with Crippen LogP contribution in [-0.4, -0.2) is 34.1 Å². The largest absolute Gasteiger partial charge is 0.496 e. The zero-order valence-corrected chi connectivity index (χ0v) is 15.7. The van der Waals surface area contributed by atoms with Crippen LogP contribution in [-0.2, 0) is 4.79 Å². The summed E-state index contributed by atoms with van der Waals surface area (Å²) in [6, 6.07) is 5.47. The third kappa shape index (κ3) is 3.03. The van der Waals surface area contributed by atoms with Crippen molar-refractivity contribution < 1.29 is 9.53 Å². The Kier molecular flexibility index (Phi) is 4.60. The number of benzene rings is 1. The average molecular weight is 407 g/mol. The number of nitrogens with one attached hydrogen (secondary N) is 1. The van der Waals surface area contributed by atoms with Crippen LogP contribution in [0.4, 0.5) is 0 Å². The number of hydrogen-bond acceptors (Lipinski definition) is 5. The number of amidine groups is 2. The molecule has 6 nitrogen and oxygen atoms in total. The fourth-order valence-corrected chi connectivity index (χ4v) is 3.48. The van der Waals surface area contributed by atoms with E-state index in [2.05, 4.69) is 26.0 Å². The lowest BCUT2D eigenvalue weighted by atomic mass is 10.1. The molecule has 24 heavy (non-hydrogen) atoms. The molecule has 0 bridgehead atoms. The van der Waals surface area contributed by atoms with Gasteiger partial charge < -0.3 is 4.74 Å². The van der Waals surface area contributed by atoms with Gasteiger partial charge in [-0.2, -0.15) is 15.1 Å². The van der Waals surface area contributed by atoms with Crippen molar-refractivity contribution in [2.75, 3.05) is 7.11 Å². The number of ether oxygens (including phenoxy) is 1. The molecular formula is C16H15BrN4O2S. The number of rotatable bonds is 3. The average Bonchev–Trinajstić information content (AvgIpc) is 2.96. The number of fused-ring (bicyclic) bond motifs is 1. The van der Waals surface area contributed by atoms with Crippen molar-refractivity contribution in [3.63, 3.8) is 0 Å². The Morgan fingerprint density at radius 2 is 2.17 bits per heavy atom. The second-order valence-electron chi connectivity index (χ2n) is 5.50. The summed E-state index contributed by atoms with van der Waals surface area (Å²) < 4.78 is 6.17. The maximum absolute atomic E-state index is 12.4. The van der Waals surface area contributed by atoms with E-state index in [9.17, 15) is 4.79 Å². The number of aliphatic imine (C=N–C) groups is 1. The van der Waals surface area contributed by atoms with Crippen LogP contribution in [0.5, 0.6) is 5.75 Å². The summed E-state index contributed by atoms with van der Waals surface area (Å²) in [5.41, 5.74) is 0.878. The second-order valence-corrected chi connectivity index (χ2v) is 7.40. The molecule has 0 aliphatic carbocycles. The molecule has 3 rings (SSSR count). The lowest BCUT2D eigenvalue weighted by Gasteiger charge is -2.20. The van der Waals surface area contributed by atoms with E-state index in [1.165, 1.54) is 16.8 Å². The van der Waals surface area contributed by atoms with Gasteiger partial charge in [0.2, 0.25) is 5.17 Å². The van der Waals surface area contributed by atoms with Crippen molar-refractivity contribution in [1.29, 1.82) is 5.41 Å². The highest BCUT2D eigenvalue weighted by atomic mass is 79.9. The molecule has 0 aromatic heterocycles. The zero-order chi connectivity index (χ0) is 17.4. The molecule has 1 N–H and O–H groups in total. The first-order chi connectivity index (χ1) is 11.4. The van der Waals surface area contributed by atoms with Crippen molar-refractivity contribution in [2.24, 2.45) is 16.0 Å². The van der Waals surface area contributed by atoms with Gasteiger partial charge in [-0.05, 0) is 36.0 Å². The zero-order valence-electron chi connectivity index (χ0n) is 13.3. The number of carbonyl (C=O) groups is 1. The maximum Gasteiger partial charge on any atom is 0.283 e. The quantitative estimate of drug-likeness (QED) is 0.775. The highest BCUT2D eigenvalue weighted by Crippen LogP contribution is 2.32. The minimum absolute atomic E-state index is 0.0233. The first-order valence-corrected chi connectivity index (χ1v) is 8.85. The van der Waals surface area contributed by atoms with Crippen LogP contribution in [0, 0.1) is 11.3 Å². The number of amides is 1. The van der Waals surface area contributed by atoms with Gasteiger partial charge in [0.1, 0.15) is 10.8 Å². The summed E-state index contributed by atoms with van der Waals surface area (Å²) >= 11 is 4.74. The number of hydrogen-bond donors (Lipinski definition) is 1. The topological polar surface area (TPSA) is 78.1 Å². The number of methoxy groups -OCH3 is 1. The number of nitrogens with zero attached hydrogens (tertiary/aromatic N) is 3. The summed E-state index contributed by atoms with van der Waals surface area (Å²) in [4.78, 5) is 16.4. The van der Waals surface area contributed by atoms with Crippen molar-refractivity contribution in [2.45, 2.75) is 13.8 Å². The highest BCUT2D eigenvalue weighted by molar-refractivity contribution is 9.10. The van der Waals surface area contributed by atoms with E-state index < -0.39 is 5.91 Å². The molecule has 0 saturated carbocycles. The molecule has 2 aliphatic rings. The molecule has 0 spiro atoms. The Labute approximate surface area is 152 Å². The first-order valence-electron chi connectivity index (χ1n) is 7.24. The van der Waals surface area contributed by atoms with E-state index in [0.29, 0.717) is 16.5 Å². The SMILES string of the molecule is COc1ccc(Br)cc1/C=C1/C(=N)N2N=C(C(C)C)SC2=NC1=O. The van der Waals surface area contributed by atoms with E-state index in [4.69, 9.17) is 10.1 Å². The summed E-state index contributed by atoms with van der Waals surface area (Å²) in [6.45, 7) is 4.03. The number of thioether (sulfide) groups is 1. The number of hydrazone groups is 1. The van der Waals surface area contributed by atoms with Gasteiger partial charge in [-0.3, -0.25) is 10.2 Å². The van der Waals surface area contributed by atoms with Gasteiger partial charge in [0.25, 0.3) is 5.91 Å². The van der Waals surface area contributed by atoms with Gasteiger partial charge in [-0.1, -0.05) is 29.8 Å². The fraction of sp³-hybridized carbons (Fsp3) is 0.250. The Morgan fingerprint density at radius 1 is 1.42 bits per heavy atom. The van der Waals surface area contributed by atoms with Crippen molar-refractivity contribution in [1.82, 2.24) is 5.01 Å². The number of carbonyl (C=O) groups excluding carboxylic acids is 1. The minimum Gasteiger partial charge on any atom is -0.496 e. The normalized spacial score (nSPS) is 18.9. The van der Waals surface area contributed by atoms with Crippen LogP contribution in [0.2, 0.25) is 0 Å². The number of halogens is 1. The van der Waals surface area contributed by atoms with Crippen LogP contribution in [0.1, 0.15) is 19.4 Å². The molecule has 0 unspecified atom stereocenters. The van der Waals surface area contributed by atoms with Crippen LogP contribution in [0.15, 0.2) is 38.3 Å². The van der Waals surface area contributed by atoms with Gasteiger partial charge in [0.05, 0.1) is 12.7 Å². The Bertz CT molecular complexity index is 829. The molecule has 0 saturated heterocycles. The van der Waals surface area contributed by atoms with Gasteiger partial charge in [0, 0.05) is 16.0 Å². The lowest BCUT2D eigenvalue weighted by Crippen LogP contribution is -2.35. The molecule has 2 heterocycles. The molecule has 1 aromatic rings. The standard InChI is InChI=1S/C16H15BrN4O2S/c1-8(2)15-20-21-13(18)11(14(22)19-16(21)24-15)7-9-6-10(17)4-5-12(9)23-3/h4-8,18H,1-3H3/b11-7-,18-13?. The summed E-state index contributed by atoms with van der Waals surface area (Å²) in [7, 11) is 1.56. The molecule has 1 amide bonds. The summed E-state index contributed by atoms with van der Waals surface area (Å²) in [5.74, 6) is 0.406. The summed E-state index contributed by atoms with van der Waals surface area (Å²) in [6.07, 6.45) is 1.61. The van der Waals surface area contributed by atoms with Gasteiger partial charge in [-0.15, -0.1) is 0 Å². The van der Waals surface area contributed by atoms with Gasteiger partial charge in [-0.25, -0.2) is 0 Å². The Balaban J connectivity index is 2.03. The van der Waals surface area contributed by atoms with E-state index in [1.807, 2.05) is 26.0 Å². The van der Waals surface area contributed by atoms with Crippen molar-refractivity contribution in [3.05, 3.63) is 33.8 Å². The molecule has 0 radical (unpaired) electrons. The third-order valence-electron chi connectivity index (χ3n) is 3.46. The van der Waals surface area contributed by atoms with E-state index in [1.54, 1.807) is 19.3 Å². The van der Waals surface area contributed by atoms with Crippen molar-refractivity contribution in [3.8, 4) is 5.75 Å². The summed E-state index contributed by atoms with van der Waals surface area (Å²) in [5, 5.41) is 15.4. The highest BCUT2D eigenvalue weighted by Gasteiger charge is 2.36. The van der Waals surface area contributed by atoms with E-state index in [-0.39, 0.29) is 17.3 Å². The van der Waals surface area contributed by atoms with Crippen LogP contribution < -0.4 is 4.74 Å². The molecule has 8 heteroatoms. The molecular weight excluding hydrogens is 392 g/mol. The minimum atomic E-state index is -0.444. The molecule has 0 fully saturated rings. The Morgan fingerprint density at radius 3 is 2.83 bits per heavy atom.